The number of aliphatic hydroxyl groups excluding tert-OH is 1. The van der Waals surface area contributed by atoms with Gasteiger partial charge in [-0.2, -0.15) is 0 Å². The van der Waals surface area contributed by atoms with Gasteiger partial charge in [0.1, 0.15) is 6.61 Å². The van der Waals surface area contributed by atoms with E-state index in [0.717, 1.165) is 30.8 Å². The van der Waals surface area contributed by atoms with Crippen LogP contribution < -0.4 is 0 Å². The third kappa shape index (κ3) is 3.32. The van der Waals surface area contributed by atoms with Gasteiger partial charge in [0, 0.05) is 6.92 Å². The zero-order chi connectivity index (χ0) is 14.7. The summed E-state index contributed by atoms with van der Waals surface area (Å²) in [4.78, 5) is 10.9. The van der Waals surface area contributed by atoms with E-state index in [1.807, 2.05) is 0 Å². The topological polar surface area (TPSA) is 46.5 Å². The number of hydrogen-bond acceptors (Lipinski definition) is 3. The highest BCUT2D eigenvalue weighted by Crippen LogP contribution is 2.47. The van der Waals surface area contributed by atoms with Crippen LogP contribution in [0.5, 0.6) is 0 Å². The van der Waals surface area contributed by atoms with Crippen molar-refractivity contribution in [1.29, 1.82) is 0 Å². The molecule has 0 radical (unpaired) electrons. The van der Waals surface area contributed by atoms with Gasteiger partial charge in [-0.1, -0.05) is 19.6 Å². The lowest BCUT2D eigenvalue weighted by Gasteiger charge is -2.44. The van der Waals surface area contributed by atoms with Crippen molar-refractivity contribution in [1.82, 2.24) is 0 Å². The lowest BCUT2D eigenvalue weighted by molar-refractivity contribution is -0.140. The molecule has 0 spiro atoms. The van der Waals surface area contributed by atoms with Crippen molar-refractivity contribution in [2.75, 3.05) is 13.2 Å². The first-order chi connectivity index (χ1) is 9.52. The molecule has 0 aromatic rings. The molecule has 2 rings (SSSR count). The fourth-order valence-electron chi connectivity index (χ4n) is 3.86. The molecule has 0 heterocycles. The summed E-state index contributed by atoms with van der Waals surface area (Å²) >= 11 is 0. The highest BCUT2D eigenvalue weighted by molar-refractivity contribution is 5.66. The van der Waals surface area contributed by atoms with Crippen molar-refractivity contribution in [2.45, 2.75) is 39.5 Å². The molecule has 0 bridgehead atoms. The van der Waals surface area contributed by atoms with Crippen molar-refractivity contribution in [3.05, 3.63) is 23.8 Å². The number of rotatable bonds is 4. The molecule has 3 nitrogen and oxygen atoms in total. The van der Waals surface area contributed by atoms with Crippen LogP contribution in [-0.2, 0) is 9.53 Å². The number of esters is 1. The lowest BCUT2D eigenvalue weighted by Crippen LogP contribution is -2.36. The Balaban J connectivity index is 2.14. The second-order valence-electron chi connectivity index (χ2n) is 6.36. The summed E-state index contributed by atoms with van der Waals surface area (Å²) < 4.78 is 5.13. The molecule has 0 amide bonds. The summed E-state index contributed by atoms with van der Waals surface area (Å²) in [6.07, 6.45) is 6.82. The van der Waals surface area contributed by atoms with Gasteiger partial charge >= 0.3 is 5.97 Å². The molecule has 1 fully saturated rings. The molecule has 2 aliphatic rings. The van der Waals surface area contributed by atoms with Crippen LogP contribution in [0.2, 0.25) is 0 Å². The summed E-state index contributed by atoms with van der Waals surface area (Å²) in [5, 5.41) is 9.40. The van der Waals surface area contributed by atoms with Crippen molar-refractivity contribution < 1.29 is 14.6 Å². The normalized spacial score (nSPS) is 33.0. The maximum atomic E-state index is 10.9. The lowest BCUT2D eigenvalue weighted by atomic mass is 9.61. The van der Waals surface area contributed by atoms with Crippen LogP contribution in [-0.4, -0.2) is 24.3 Å². The van der Waals surface area contributed by atoms with Gasteiger partial charge in [0.05, 0.1) is 6.61 Å². The molecule has 112 valence electrons. The smallest absolute Gasteiger partial charge is 0.302 e. The summed E-state index contributed by atoms with van der Waals surface area (Å²) in [5.74, 6) is 2.03. The average molecular weight is 278 g/mol. The molecule has 1 saturated carbocycles. The molecule has 20 heavy (non-hydrogen) atoms. The largest absolute Gasteiger partial charge is 0.461 e. The van der Waals surface area contributed by atoms with Gasteiger partial charge in [0.2, 0.25) is 0 Å². The van der Waals surface area contributed by atoms with Gasteiger partial charge < -0.3 is 9.84 Å². The number of allylic oxidation sites excluding steroid dienone is 1. The van der Waals surface area contributed by atoms with E-state index in [0.29, 0.717) is 24.4 Å². The Morgan fingerprint density at radius 1 is 1.45 bits per heavy atom. The Morgan fingerprint density at radius 2 is 2.20 bits per heavy atom. The second-order valence-corrected chi connectivity index (χ2v) is 6.36. The van der Waals surface area contributed by atoms with E-state index >= 15 is 0 Å². The van der Waals surface area contributed by atoms with Gasteiger partial charge in [-0.15, -0.1) is 0 Å². The van der Waals surface area contributed by atoms with Crippen molar-refractivity contribution in [3.8, 4) is 0 Å². The van der Waals surface area contributed by atoms with Gasteiger partial charge in [-0.25, -0.2) is 0 Å². The zero-order valence-electron chi connectivity index (χ0n) is 12.6. The number of fused-ring (bicyclic) bond motifs is 1. The van der Waals surface area contributed by atoms with E-state index in [-0.39, 0.29) is 12.6 Å². The molecule has 0 saturated heterocycles. The fraction of sp³-hybridized carbons (Fsp3) is 0.706. The first-order valence-electron chi connectivity index (χ1n) is 7.64. The maximum Gasteiger partial charge on any atom is 0.302 e. The van der Waals surface area contributed by atoms with E-state index < -0.39 is 0 Å². The first-order valence-corrected chi connectivity index (χ1v) is 7.64. The van der Waals surface area contributed by atoms with Gasteiger partial charge in [0.25, 0.3) is 0 Å². The van der Waals surface area contributed by atoms with Crippen LogP contribution in [0.1, 0.15) is 39.5 Å². The van der Waals surface area contributed by atoms with Gasteiger partial charge in [-0.05, 0) is 60.5 Å². The molecule has 0 unspecified atom stereocenters. The van der Waals surface area contributed by atoms with E-state index in [1.165, 1.54) is 18.9 Å². The average Bonchev–Trinajstić information content (AvgIpc) is 2.44. The van der Waals surface area contributed by atoms with Crippen LogP contribution in [0.15, 0.2) is 23.8 Å². The van der Waals surface area contributed by atoms with E-state index in [2.05, 4.69) is 19.6 Å². The quantitative estimate of drug-likeness (QED) is 0.635. The molecule has 4 atom stereocenters. The standard InChI is InChI=1S/C17H26O3/c1-11-4-6-16(12(2)9-18)17-8-14(5-7-15(11)17)10-20-13(3)19/h8,11,15-18H,2,4-7,9-10H2,1,3H3/t11-,15+,16+,17-/m1/s1. The predicted octanol–water partition coefficient (Wildman–Crippen LogP) is 3.10. The number of carbonyl (C=O) groups excluding carboxylic acids is 1. The maximum absolute atomic E-state index is 10.9. The molecule has 2 aliphatic carbocycles. The van der Waals surface area contributed by atoms with Crippen LogP contribution in [0.25, 0.3) is 0 Å². The highest BCUT2D eigenvalue weighted by Gasteiger charge is 2.39. The Bertz CT molecular complexity index is 410. The minimum absolute atomic E-state index is 0.0788. The third-order valence-electron chi connectivity index (χ3n) is 5.04. The van der Waals surface area contributed by atoms with Crippen LogP contribution >= 0.6 is 0 Å². The number of hydrogen-bond donors (Lipinski definition) is 1. The van der Waals surface area contributed by atoms with Crippen LogP contribution in [0.4, 0.5) is 0 Å². The van der Waals surface area contributed by atoms with Crippen molar-refractivity contribution >= 4 is 5.97 Å². The molecule has 0 aliphatic heterocycles. The second kappa shape index (κ2) is 6.57. The minimum atomic E-state index is -0.221. The Hall–Kier alpha value is -1.09. The Labute approximate surface area is 121 Å². The summed E-state index contributed by atoms with van der Waals surface area (Å²) in [5.41, 5.74) is 2.18. The third-order valence-corrected chi connectivity index (χ3v) is 5.04. The van der Waals surface area contributed by atoms with Gasteiger partial charge in [-0.3, -0.25) is 4.79 Å². The molecule has 0 aromatic carbocycles. The summed E-state index contributed by atoms with van der Waals surface area (Å²) in [6.45, 7) is 8.33. The zero-order valence-corrected chi connectivity index (χ0v) is 12.6. The van der Waals surface area contributed by atoms with E-state index in [9.17, 15) is 9.90 Å². The summed E-state index contributed by atoms with van der Waals surface area (Å²) in [6, 6.07) is 0. The number of aliphatic hydroxyl groups is 1. The molecule has 1 N–H and O–H groups in total. The monoisotopic (exact) mass is 278 g/mol. The van der Waals surface area contributed by atoms with Crippen LogP contribution in [0, 0.1) is 23.7 Å². The Kier molecular flexibility index (Phi) is 5.03. The Morgan fingerprint density at radius 3 is 2.85 bits per heavy atom. The highest BCUT2D eigenvalue weighted by atomic mass is 16.5. The first kappa shape index (κ1) is 15.3. The predicted molar refractivity (Wildman–Crippen MR) is 79.0 cm³/mol. The van der Waals surface area contributed by atoms with E-state index in [1.54, 1.807) is 0 Å². The fourth-order valence-corrected chi connectivity index (χ4v) is 3.86. The van der Waals surface area contributed by atoms with Gasteiger partial charge in [0.15, 0.2) is 0 Å². The molecule has 3 heteroatoms. The van der Waals surface area contributed by atoms with Crippen LogP contribution in [0.3, 0.4) is 0 Å². The molecule has 0 aromatic heterocycles. The van der Waals surface area contributed by atoms with Crippen molar-refractivity contribution in [2.24, 2.45) is 23.7 Å². The minimum Gasteiger partial charge on any atom is -0.461 e. The molecular formula is C17H26O3. The number of ether oxygens (including phenoxy) is 1. The number of carbonyl (C=O) groups is 1. The summed E-state index contributed by atoms with van der Waals surface area (Å²) in [7, 11) is 0. The SMILES string of the molecule is C=C(CO)[C@@H]1CC[C@@H](C)[C@@H]2CCC(COC(C)=O)=C[C@H]21. The van der Waals surface area contributed by atoms with E-state index in [4.69, 9.17) is 4.74 Å². The molecular weight excluding hydrogens is 252 g/mol. The van der Waals surface area contributed by atoms with Crippen molar-refractivity contribution in [3.63, 3.8) is 0 Å².